The molecule has 0 aliphatic rings. The van der Waals surface area contributed by atoms with Crippen LogP contribution in [0.4, 0.5) is 0 Å². The summed E-state index contributed by atoms with van der Waals surface area (Å²) >= 11 is 5.80. The van der Waals surface area contributed by atoms with Crippen molar-refractivity contribution in [2.24, 2.45) is 0 Å². The molecule has 1 aromatic heterocycles. The quantitative estimate of drug-likeness (QED) is 0.716. The fourth-order valence-electron chi connectivity index (χ4n) is 1.18. The van der Waals surface area contributed by atoms with Crippen LogP contribution in [0.3, 0.4) is 0 Å². The SMILES string of the molecule is CC(Cl)CN(C)C(=O)c1ccncc1. The summed E-state index contributed by atoms with van der Waals surface area (Å²) < 4.78 is 0. The lowest BCUT2D eigenvalue weighted by Crippen LogP contribution is -2.31. The van der Waals surface area contributed by atoms with E-state index in [1.165, 1.54) is 0 Å². The van der Waals surface area contributed by atoms with Gasteiger partial charge >= 0.3 is 0 Å². The lowest BCUT2D eigenvalue weighted by atomic mass is 10.2. The van der Waals surface area contributed by atoms with Crippen molar-refractivity contribution in [1.29, 1.82) is 0 Å². The number of nitrogens with zero attached hydrogens (tertiary/aromatic N) is 2. The Labute approximate surface area is 88.7 Å². The molecule has 0 radical (unpaired) electrons. The zero-order chi connectivity index (χ0) is 10.6. The average molecular weight is 213 g/mol. The number of aromatic nitrogens is 1. The van der Waals surface area contributed by atoms with Gasteiger partial charge in [0.05, 0.1) is 0 Å². The molecule has 76 valence electrons. The van der Waals surface area contributed by atoms with Crippen molar-refractivity contribution in [3.63, 3.8) is 0 Å². The van der Waals surface area contributed by atoms with Gasteiger partial charge in [0, 0.05) is 36.9 Å². The molecule has 14 heavy (non-hydrogen) atoms. The number of pyridine rings is 1. The summed E-state index contributed by atoms with van der Waals surface area (Å²) in [6.45, 7) is 2.40. The van der Waals surface area contributed by atoms with Crippen molar-refractivity contribution < 1.29 is 4.79 Å². The number of amides is 1. The summed E-state index contributed by atoms with van der Waals surface area (Å²) in [4.78, 5) is 17.2. The molecule has 0 spiro atoms. The Morgan fingerprint density at radius 3 is 2.64 bits per heavy atom. The van der Waals surface area contributed by atoms with E-state index in [9.17, 15) is 4.79 Å². The van der Waals surface area contributed by atoms with Gasteiger partial charge in [-0.2, -0.15) is 0 Å². The Bertz CT molecular complexity index is 300. The van der Waals surface area contributed by atoms with Crippen LogP contribution in [-0.2, 0) is 0 Å². The summed E-state index contributed by atoms with van der Waals surface area (Å²) in [5, 5.41) is -0.0363. The van der Waals surface area contributed by atoms with Gasteiger partial charge < -0.3 is 4.90 Å². The van der Waals surface area contributed by atoms with Crippen molar-refractivity contribution in [2.45, 2.75) is 12.3 Å². The van der Waals surface area contributed by atoms with Crippen molar-refractivity contribution in [1.82, 2.24) is 9.88 Å². The number of alkyl halides is 1. The summed E-state index contributed by atoms with van der Waals surface area (Å²) in [5.74, 6) is -0.0279. The van der Waals surface area contributed by atoms with Gasteiger partial charge in [-0.3, -0.25) is 9.78 Å². The molecule has 0 aromatic carbocycles. The second-order valence-electron chi connectivity index (χ2n) is 3.20. The topological polar surface area (TPSA) is 33.2 Å². The zero-order valence-electron chi connectivity index (χ0n) is 8.27. The molecule has 1 amide bonds. The molecule has 3 nitrogen and oxygen atoms in total. The van der Waals surface area contributed by atoms with Gasteiger partial charge in [0.1, 0.15) is 0 Å². The molecule has 1 unspecified atom stereocenters. The minimum Gasteiger partial charge on any atom is -0.340 e. The highest BCUT2D eigenvalue weighted by Gasteiger charge is 2.12. The molecule has 1 heterocycles. The van der Waals surface area contributed by atoms with Gasteiger partial charge in [-0.25, -0.2) is 0 Å². The number of carbonyl (C=O) groups is 1. The van der Waals surface area contributed by atoms with Crippen LogP contribution in [0.1, 0.15) is 17.3 Å². The highest BCUT2D eigenvalue weighted by atomic mass is 35.5. The maximum absolute atomic E-state index is 11.7. The van der Waals surface area contributed by atoms with Gasteiger partial charge in [0.25, 0.3) is 5.91 Å². The van der Waals surface area contributed by atoms with Gasteiger partial charge in [-0.1, -0.05) is 0 Å². The van der Waals surface area contributed by atoms with Crippen molar-refractivity contribution in [3.8, 4) is 0 Å². The van der Waals surface area contributed by atoms with Crippen LogP contribution in [0.5, 0.6) is 0 Å². The largest absolute Gasteiger partial charge is 0.340 e. The minimum atomic E-state index is -0.0363. The third-order valence-electron chi connectivity index (χ3n) is 1.80. The maximum Gasteiger partial charge on any atom is 0.253 e. The summed E-state index contributed by atoms with van der Waals surface area (Å²) in [5.41, 5.74) is 0.639. The van der Waals surface area contributed by atoms with Gasteiger partial charge in [0.15, 0.2) is 0 Å². The minimum absolute atomic E-state index is 0.0279. The predicted octanol–water partition coefficient (Wildman–Crippen LogP) is 1.78. The lowest BCUT2D eigenvalue weighted by Gasteiger charge is -2.18. The standard InChI is InChI=1S/C10H13ClN2O/c1-8(11)7-13(2)10(14)9-3-5-12-6-4-9/h3-6,8H,7H2,1-2H3. The van der Waals surface area contributed by atoms with Crippen molar-refractivity contribution in [3.05, 3.63) is 30.1 Å². The molecule has 1 rings (SSSR count). The van der Waals surface area contributed by atoms with Crippen LogP contribution < -0.4 is 0 Å². The van der Waals surface area contributed by atoms with Crippen LogP contribution in [-0.4, -0.2) is 34.8 Å². The maximum atomic E-state index is 11.7. The smallest absolute Gasteiger partial charge is 0.253 e. The van der Waals surface area contributed by atoms with E-state index in [-0.39, 0.29) is 11.3 Å². The van der Waals surface area contributed by atoms with E-state index in [1.807, 2.05) is 6.92 Å². The van der Waals surface area contributed by atoms with E-state index >= 15 is 0 Å². The molecular weight excluding hydrogens is 200 g/mol. The van der Waals surface area contributed by atoms with E-state index in [0.717, 1.165) is 0 Å². The Morgan fingerprint density at radius 1 is 1.57 bits per heavy atom. The summed E-state index contributed by atoms with van der Waals surface area (Å²) in [6, 6.07) is 3.38. The van der Waals surface area contributed by atoms with Gasteiger partial charge in [0.2, 0.25) is 0 Å². The number of rotatable bonds is 3. The number of carbonyl (C=O) groups excluding carboxylic acids is 1. The van der Waals surface area contributed by atoms with E-state index in [4.69, 9.17) is 11.6 Å². The molecule has 1 aromatic rings. The fraction of sp³-hybridized carbons (Fsp3) is 0.400. The monoisotopic (exact) mass is 212 g/mol. The lowest BCUT2D eigenvalue weighted by molar-refractivity contribution is 0.0796. The normalized spacial score (nSPS) is 12.2. The third kappa shape index (κ3) is 3.00. The van der Waals surface area contributed by atoms with Crippen molar-refractivity contribution in [2.75, 3.05) is 13.6 Å². The molecule has 1 atom stereocenters. The molecule has 0 N–H and O–H groups in total. The third-order valence-corrected chi connectivity index (χ3v) is 1.94. The number of halogens is 1. The Hall–Kier alpha value is -1.09. The van der Waals surface area contributed by atoms with E-state index < -0.39 is 0 Å². The first kappa shape index (κ1) is 11.0. The fourth-order valence-corrected chi connectivity index (χ4v) is 1.38. The van der Waals surface area contributed by atoms with Crippen LogP contribution in [0.15, 0.2) is 24.5 Å². The first-order valence-electron chi connectivity index (χ1n) is 4.41. The molecule has 0 bridgehead atoms. The predicted molar refractivity (Wildman–Crippen MR) is 56.5 cm³/mol. The molecular formula is C10H13ClN2O. The Balaban J connectivity index is 2.66. The van der Waals surface area contributed by atoms with Crippen molar-refractivity contribution >= 4 is 17.5 Å². The Kier molecular flexibility index (Phi) is 3.89. The van der Waals surface area contributed by atoms with Crippen LogP contribution in [0, 0.1) is 0 Å². The highest BCUT2D eigenvalue weighted by Crippen LogP contribution is 2.04. The summed E-state index contributed by atoms with van der Waals surface area (Å²) in [7, 11) is 1.74. The van der Waals surface area contributed by atoms with Crippen LogP contribution in [0.25, 0.3) is 0 Å². The Morgan fingerprint density at radius 2 is 2.14 bits per heavy atom. The number of hydrogen-bond donors (Lipinski definition) is 0. The molecule has 0 fully saturated rings. The molecule has 0 saturated heterocycles. The second kappa shape index (κ2) is 4.96. The first-order valence-corrected chi connectivity index (χ1v) is 4.84. The highest BCUT2D eigenvalue weighted by molar-refractivity contribution is 6.20. The first-order chi connectivity index (χ1) is 6.61. The van der Waals surface area contributed by atoms with Crippen LogP contribution >= 0.6 is 11.6 Å². The second-order valence-corrected chi connectivity index (χ2v) is 3.95. The summed E-state index contributed by atoms with van der Waals surface area (Å²) in [6.07, 6.45) is 3.20. The van der Waals surface area contributed by atoms with E-state index in [0.29, 0.717) is 12.1 Å². The number of hydrogen-bond acceptors (Lipinski definition) is 2. The zero-order valence-corrected chi connectivity index (χ0v) is 9.03. The molecule has 0 aliphatic heterocycles. The van der Waals surface area contributed by atoms with E-state index in [1.54, 1.807) is 36.5 Å². The van der Waals surface area contributed by atoms with Crippen LogP contribution in [0.2, 0.25) is 0 Å². The van der Waals surface area contributed by atoms with Gasteiger partial charge in [-0.05, 0) is 19.1 Å². The van der Waals surface area contributed by atoms with E-state index in [2.05, 4.69) is 4.98 Å². The van der Waals surface area contributed by atoms with Gasteiger partial charge in [-0.15, -0.1) is 11.6 Å². The molecule has 4 heteroatoms. The average Bonchev–Trinajstić information content (AvgIpc) is 2.17. The molecule has 0 aliphatic carbocycles. The molecule has 0 saturated carbocycles.